The molecule has 0 spiro atoms. The average Bonchev–Trinajstić information content (AvgIpc) is 3.89. The lowest BCUT2D eigenvalue weighted by Crippen LogP contribution is -2.03. The fraction of sp³-hybridized carbons (Fsp3) is 0. The molecule has 256 valence electrons. The maximum atomic E-state index is 5.36. The topological polar surface area (TPSA) is 40.6 Å². The van der Waals surface area contributed by atoms with Crippen LogP contribution >= 0.6 is 0 Å². The molecule has 0 radical (unpaired) electrons. The summed E-state index contributed by atoms with van der Waals surface area (Å²) < 4.78 is 7.14. The van der Waals surface area contributed by atoms with Gasteiger partial charge >= 0.3 is 0 Å². The van der Waals surface area contributed by atoms with Crippen LogP contribution in [0.1, 0.15) is 0 Å². The van der Waals surface area contributed by atoms with Gasteiger partial charge in [0.1, 0.15) is 5.82 Å². The SMILES string of the molecule is c1ccc(-c2nc(-n3c4ccc(-n5c6ccccc6c6ccccc65)cc4c4cc(-n5c6ccccc6c6ccccc65)ccc43)c3ccccc3n2)cc1. The van der Waals surface area contributed by atoms with E-state index in [0.717, 1.165) is 55.5 Å². The van der Waals surface area contributed by atoms with E-state index in [1.165, 1.54) is 43.6 Å². The van der Waals surface area contributed by atoms with Gasteiger partial charge in [-0.05, 0) is 72.8 Å². The molecule has 0 aliphatic carbocycles. The molecule has 0 aliphatic rings. The number of nitrogens with zero attached hydrogens (tertiary/aromatic N) is 5. The van der Waals surface area contributed by atoms with Crippen molar-refractivity contribution in [2.24, 2.45) is 0 Å². The Kier molecular flexibility index (Phi) is 6.27. The van der Waals surface area contributed by atoms with E-state index in [4.69, 9.17) is 9.97 Å². The first kappa shape index (κ1) is 30.0. The molecule has 0 aliphatic heterocycles. The van der Waals surface area contributed by atoms with E-state index in [-0.39, 0.29) is 0 Å². The minimum absolute atomic E-state index is 0.702. The number of para-hydroxylation sites is 5. The average molecular weight is 702 g/mol. The number of rotatable bonds is 4. The third kappa shape index (κ3) is 4.35. The van der Waals surface area contributed by atoms with Crippen molar-refractivity contribution in [3.8, 4) is 28.6 Å². The Hall–Kier alpha value is -7.50. The monoisotopic (exact) mass is 701 g/mol. The van der Waals surface area contributed by atoms with Gasteiger partial charge in [0.15, 0.2) is 5.82 Å². The van der Waals surface area contributed by atoms with Crippen molar-refractivity contribution in [1.29, 1.82) is 0 Å². The number of hydrogen-bond donors (Lipinski definition) is 0. The molecule has 55 heavy (non-hydrogen) atoms. The second kappa shape index (κ2) is 11.5. The summed E-state index contributed by atoms with van der Waals surface area (Å²) in [5.74, 6) is 1.56. The molecule has 0 bridgehead atoms. The Balaban J connectivity index is 1.20. The maximum absolute atomic E-state index is 5.36. The molecule has 4 heterocycles. The van der Waals surface area contributed by atoms with Crippen molar-refractivity contribution in [2.75, 3.05) is 0 Å². The highest BCUT2D eigenvalue weighted by molar-refractivity contribution is 6.14. The predicted octanol–water partition coefficient (Wildman–Crippen LogP) is 12.6. The molecule has 8 aromatic carbocycles. The second-order valence-electron chi connectivity index (χ2n) is 14.2. The van der Waals surface area contributed by atoms with Gasteiger partial charge in [-0.3, -0.25) is 4.57 Å². The molecule has 0 saturated heterocycles. The number of hydrogen-bond acceptors (Lipinski definition) is 2. The zero-order chi connectivity index (χ0) is 36.0. The summed E-state index contributed by atoms with van der Waals surface area (Å²) in [5.41, 5.74) is 11.0. The van der Waals surface area contributed by atoms with Crippen LogP contribution in [-0.4, -0.2) is 23.7 Å². The third-order valence-corrected chi connectivity index (χ3v) is 11.2. The summed E-state index contributed by atoms with van der Waals surface area (Å²) in [6.45, 7) is 0. The lowest BCUT2D eigenvalue weighted by molar-refractivity contribution is 1.07. The summed E-state index contributed by atoms with van der Waals surface area (Å²) in [6, 6.07) is 67.2. The van der Waals surface area contributed by atoms with Gasteiger partial charge in [0.25, 0.3) is 0 Å². The summed E-state index contributed by atoms with van der Waals surface area (Å²) in [6.07, 6.45) is 0. The van der Waals surface area contributed by atoms with Crippen molar-refractivity contribution in [2.45, 2.75) is 0 Å². The van der Waals surface area contributed by atoms with Crippen molar-refractivity contribution in [1.82, 2.24) is 23.7 Å². The Morgan fingerprint density at radius 1 is 0.291 bits per heavy atom. The standard InChI is InChI=1S/C50H31N5/c1-2-14-32(15-3-1)49-51-42-21-9-4-20-39(42)50(52-49)55-47-28-26-33(53-43-22-10-5-16-35(43)36-17-6-11-23-44(36)53)30-40(47)41-31-34(27-29-48(41)55)54-45-24-12-7-18-37(45)38-19-8-13-25-46(38)54/h1-31H. The van der Waals surface area contributed by atoms with Gasteiger partial charge in [-0.25, -0.2) is 9.97 Å². The highest BCUT2D eigenvalue weighted by atomic mass is 15.1. The van der Waals surface area contributed by atoms with Gasteiger partial charge in [-0.1, -0.05) is 115 Å². The smallest absolute Gasteiger partial charge is 0.162 e. The largest absolute Gasteiger partial charge is 0.309 e. The van der Waals surface area contributed by atoms with Crippen LogP contribution in [0.2, 0.25) is 0 Å². The van der Waals surface area contributed by atoms with Crippen LogP contribution in [0.25, 0.3) is 105 Å². The molecule has 4 aromatic heterocycles. The van der Waals surface area contributed by atoms with Crippen LogP contribution in [0.3, 0.4) is 0 Å². The Morgan fingerprint density at radius 3 is 1.18 bits per heavy atom. The van der Waals surface area contributed by atoms with Crippen molar-refractivity contribution in [3.63, 3.8) is 0 Å². The van der Waals surface area contributed by atoms with E-state index in [9.17, 15) is 0 Å². The molecule has 0 N–H and O–H groups in total. The molecule has 0 fully saturated rings. The minimum Gasteiger partial charge on any atom is -0.309 e. The first-order chi connectivity index (χ1) is 27.3. The molecule has 5 heteroatoms. The van der Waals surface area contributed by atoms with Crippen molar-refractivity contribution < 1.29 is 0 Å². The zero-order valence-corrected chi connectivity index (χ0v) is 29.6. The van der Waals surface area contributed by atoms with Crippen LogP contribution in [0, 0.1) is 0 Å². The quantitative estimate of drug-likeness (QED) is 0.183. The van der Waals surface area contributed by atoms with Crippen LogP contribution in [0.15, 0.2) is 188 Å². The molecule has 5 nitrogen and oxygen atoms in total. The number of benzene rings is 8. The van der Waals surface area contributed by atoms with Crippen molar-refractivity contribution in [3.05, 3.63) is 188 Å². The van der Waals surface area contributed by atoms with Gasteiger partial charge in [-0.15, -0.1) is 0 Å². The molecular weight excluding hydrogens is 671 g/mol. The molecule has 12 rings (SSSR count). The summed E-state index contributed by atoms with van der Waals surface area (Å²) in [4.78, 5) is 10.4. The second-order valence-corrected chi connectivity index (χ2v) is 14.2. The first-order valence-electron chi connectivity index (χ1n) is 18.7. The minimum atomic E-state index is 0.702. The molecular formula is C50H31N5. The van der Waals surface area contributed by atoms with E-state index in [0.29, 0.717) is 5.82 Å². The summed E-state index contributed by atoms with van der Waals surface area (Å²) in [7, 11) is 0. The third-order valence-electron chi connectivity index (χ3n) is 11.2. The van der Waals surface area contributed by atoms with E-state index in [1.54, 1.807) is 0 Å². The zero-order valence-electron chi connectivity index (χ0n) is 29.6. The van der Waals surface area contributed by atoms with Crippen LogP contribution in [0.5, 0.6) is 0 Å². The van der Waals surface area contributed by atoms with Crippen LogP contribution in [-0.2, 0) is 0 Å². The summed E-state index contributed by atoms with van der Waals surface area (Å²) in [5, 5.41) is 8.29. The fourth-order valence-corrected chi connectivity index (χ4v) is 8.85. The van der Waals surface area contributed by atoms with Crippen LogP contribution < -0.4 is 0 Å². The summed E-state index contributed by atoms with van der Waals surface area (Å²) >= 11 is 0. The van der Waals surface area contributed by atoms with E-state index < -0.39 is 0 Å². The van der Waals surface area contributed by atoms with Crippen LogP contribution in [0.4, 0.5) is 0 Å². The van der Waals surface area contributed by atoms with Gasteiger partial charge < -0.3 is 9.13 Å². The van der Waals surface area contributed by atoms with Gasteiger partial charge in [0.05, 0.1) is 38.6 Å². The number of aromatic nitrogens is 5. The van der Waals surface area contributed by atoms with E-state index in [2.05, 4.69) is 184 Å². The molecule has 0 unspecified atom stereocenters. The number of fused-ring (bicyclic) bond motifs is 10. The van der Waals surface area contributed by atoms with E-state index >= 15 is 0 Å². The highest BCUT2D eigenvalue weighted by Crippen LogP contribution is 2.40. The highest BCUT2D eigenvalue weighted by Gasteiger charge is 2.21. The maximum Gasteiger partial charge on any atom is 0.162 e. The molecule has 12 aromatic rings. The Labute approximate surface area is 315 Å². The lowest BCUT2D eigenvalue weighted by Gasteiger charge is -2.13. The lowest BCUT2D eigenvalue weighted by atomic mass is 10.1. The normalized spacial score (nSPS) is 12.0. The van der Waals surface area contributed by atoms with Gasteiger partial charge in [-0.2, -0.15) is 0 Å². The Bertz CT molecular complexity index is 3220. The fourth-order valence-electron chi connectivity index (χ4n) is 8.85. The molecule has 0 saturated carbocycles. The molecule has 0 atom stereocenters. The van der Waals surface area contributed by atoms with Crippen molar-refractivity contribution >= 4 is 76.3 Å². The van der Waals surface area contributed by atoms with Gasteiger partial charge in [0, 0.05) is 54.6 Å². The first-order valence-corrected chi connectivity index (χ1v) is 18.7. The predicted molar refractivity (Wildman–Crippen MR) is 228 cm³/mol. The Morgan fingerprint density at radius 2 is 0.691 bits per heavy atom. The molecule has 0 amide bonds. The van der Waals surface area contributed by atoms with Gasteiger partial charge in [0.2, 0.25) is 0 Å². The van der Waals surface area contributed by atoms with E-state index in [1.807, 2.05) is 18.2 Å².